The third kappa shape index (κ3) is 2.73. The fourth-order valence-corrected chi connectivity index (χ4v) is 1.76. The summed E-state index contributed by atoms with van der Waals surface area (Å²) in [6, 6.07) is 7.26. The molecule has 0 spiro atoms. The number of halogens is 1. The van der Waals surface area contributed by atoms with Gasteiger partial charge in [0, 0.05) is 7.05 Å². The van der Waals surface area contributed by atoms with Gasteiger partial charge >= 0.3 is 0 Å². The SMILES string of the molecule is CNc1ncc(Cl)c(Nc2c(C#N)cccc2OC)n1. The van der Waals surface area contributed by atoms with Gasteiger partial charge in [0.05, 0.1) is 18.9 Å². The lowest BCUT2D eigenvalue weighted by Gasteiger charge is -2.13. The second-order valence-electron chi connectivity index (χ2n) is 3.76. The Hall–Kier alpha value is -2.52. The van der Waals surface area contributed by atoms with E-state index in [-0.39, 0.29) is 0 Å². The number of nitrogens with one attached hydrogen (secondary N) is 2. The first-order chi connectivity index (χ1) is 9.69. The smallest absolute Gasteiger partial charge is 0.224 e. The van der Waals surface area contributed by atoms with Gasteiger partial charge in [-0.3, -0.25) is 0 Å². The summed E-state index contributed by atoms with van der Waals surface area (Å²) in [7, 11) is 3.24. The number of para-hydroxylation sites is 1. The monoisotopic (exact) mass is 289 g/mol. The van der Waals surface area contributed by atoms with Crippen LogP contribution in [-0.2, 0) is 0 Å². The Morgan fingerprint density at radius 2 is 2.20 bits per heavy atom. The molecule has 102 valence electrons. The first-order valence-corrected chi connectivity index (χ1v) is 6.11. The van der Waals surface area contributed by atoms with Crippen LogP contribution in [0.2, 0.25) is 5.02 Å². The molecule has 0 amide bonds. The number of benzene rings is 1. The molecule has 2 aromatic rings. The van der Waals surface area contributed by atoms with Gasteiger partial charge in [0.25, 0.3) is 0 Å². The fraction of sp³-hybridized carbons (Fsp3) is 0.154. The maximum atomic E-state index is 9.16. The molecule has 0 aliphatic carbocycles. The van der Waals surface area contributed by atoms with Crippen molar-refractivity contribution >= 4 is 29.1 Å². The second kappa shape index (κ2) is 6.08. The van der Waals surface area contributed by atoms with E-state index >= 15 is 0 Å². The highest BCUT2D eigenvalue weighted by molar-refractivity contribution is 6.33. The van der Waals surface area contributed by atoms with Crippen molar-refractivity contribution in [1.29, 1.82) is 5.26 Å². The van der Waals surface area contributed by atoms with E-state index in [9.17, 15) is 0 Å². The van der Waals surface area contributed by atoms with Crippen molar-refractivity contribution in [1.82, 2.24) is 9.97 Å². The van der Waals surface area contributed by atoms with Gasteiger partial charge in [0.15, 0.2) is 5.82 Å². The molecule has 0 radical (unpaired) electrons. The fourth-order valence-electron chi connectivity index (χ4n) is 1.62. The average molecular weight is 290 g/mol. The minimum Gasteiger partial charge on any atom is -0.495 e. The summed E-state index contributed by atoms with van der Waals surface area (Å²) in [6.07, 6.45) is 1.48. The van der Waals surface area contributed by atoms with Crippen LogP contribution < -0.4 is 15.4 Å². The molecule has 1 aromatic carbocycles. The van der Waals surface area contributed by atoms with Gasteiger partial charge in [-0.15, -0.1) is 0 Å². The summed E-state index contributed by atoms with van der Waals surface area (Å²) in [6.45, 7) is 0. The maximum Gasteiger partial charge on any atom is 0.224 e. The minimum atomic E-state index is 0.346. The zero-order valence-corrected chi connectivity index (χ0v) is 11.7. The van der Waals surface area contributed by atoms with Crippen molar-refractivity contribution in [2.45, 2.75) is 0 Å². The van der Waals surface area contributed by atoms with Crippen molar-refractivity contribution < 1.29 is 4.74 Å². The number of nitriles is 1. The van der Waals surface area contributed by atoms with Gasteiger partial charge < -0.3 is 15.4 Å². The van der Waals surface area contributed by atoms with Crippen molar-refractivity contribution in [3.05, 3.63) is 35.0 Å². The van der Waals surface area contributed by atoms with E-state index in [1.807, 2.05) is 0 Å². The molecule has 0 saturated heterocycles. The van der Waals surface area contributed by atoms with E-state index in [1.54, 1.807) is 25.2 Å². The van der Waals surface area contributed by atoms with Crippen LogP contribution in [0.25, 0.3) is 0 Å². The molecule has 0 aliphatic heterocycles. The van der Waals surface area contributed by atoms with Gasteiger partial charge in [-0.2, -0.15) is 10.2 Å². The van der Waals surface area contributed by atoms with Crippen LogP contribution >= 0.6 is 11.6 Å². The lowest BCUT2D eigenvalue weighted by molar-refractivity contribution is 0.416. The first-order valence-electron chi connectivity index (χ1n) is 5.74. The number of methoxy groups -OCH3 is 1. The molecule has 20 heavy (non-hydrogen) atoms. The van der Waals surface area contributed by atoms with Crippen LogP contribution in [0.4, 0.5) is 17.5 Å². The molecule has 6 nitrogen and oxygen atoms in total. The number of hydrogen-bond acceptors (Lipinski definition) is 6. The molecule has 0 saturated carbocycles. The molecule has 2 rings (SSSR count). The summed E-state index contributed by atoms with van der Waals surface area (Å²) in [5.41, 5.74) is 0.949. The largest absolute Gasteiger partial charge is 0.495 e. The Labute approximate surface area is 121 Å². The van der Waals surface area contributed by atoms with Gasteiger partial charge in [-0.1, -0.05) is 17.7 Å². The van der Waals surface area contributed by atoms with Crippen molar-refractivity contribution in [2.75, 3.05) is 24.8 Å². The van der Waals surface area contributed by atoms with Crippen LogP contribution in [-0.4, -0.2) is 24.1 Å². The van der Waals surface area contributed by atoms with Gasteiger partial charge in [-0.05, 0) is 12.1 Å². The van der Waals surface area contributed by atoms with Crippen LogP contribution in [0.5, 0.6) is 5.75 Å². The summed E-state index contributed by atoms with van der Waals surface area (Å²) >= 11 is 6.06. The van der Waals surface area contributed by atoms with E-state index in [0.29, 0.717) is 33.8 Å². The molecular formula is C13H12ClN5O. The normalized spacial score (nSPS) is 9.70. The van der Waals surface area contributed by atoms with Crippen LogP contribution in [0.1, 0.15) is 5.56 Å². The predicted octanol–water partition coefficient (Wildman–Crippen LogP) is 2.80. The molecule has 0 fully saturated rings. The quantitative estimate of drug-likeness (QED) is 0.900. The minimum absolute atomic E-state index is 0.346. The topological polar surface area (TPSA) is 82.9 Å². The van der Waals surface area contributed by atoms with Crippen LogP contribution in [0, 0.1) is 11.3 Å². The standard InChI is InChI=1S/C13H12ClN5O/c1-16-13-17-7-9(14)12(19-13)18-11-8(6-15)4-3-5-10(11)20-2/h3-5,7H,1-2H3,(H2,16,17,18,19). The van der Waals surface area contributed by atoms with E-state index in [0.717, 1.165) is 0 Å². The van der Waals surface area contributed by atoms with E-state index in [4.69, 9.17) is 21.6 Å². The lowest BCUT2D eigenvalue weighted by Crippen LogP contribution is -2.03. The Morgan fingerprint density at radius 3 is 2.85 bits per heavy atom. The molecule has 0 aliphatic rings. The number of anilines is 3. The van der Waals surface area contributed by atoms with Gasteiger partial charge in [-0.25, -0.2) is 4.98 Å². The van der Waals surface area contributed by atoms with Crippen molar-refractivity contribution in [2.24, 2.45) is 0 Å². The van der Waals surface area contributed by atoms with E-state index in [2.05, 4.69) is 26.7 Å². The number of hydrogen-bond donors (Lipinski definition) is 2. The molecule has 1 heterocycles. The molecular weight excluding hydrogens is 278 g/mol. The first kappa shape index (κ1) is 13.9. The van der Waals surface area contributed by atoms with Crippen molar-refractivity contribution in [3.63, 3.8) is 0 Å². The Bertz CT molecular complexity index is 668. The molecule has 1 aromatic heterocycles. The predicted molar refractivity (Wildman–Crippen MR) is 77.6 cm³/mol. The molecule has 7 heteroatoms. The zero-order valence-electron chi connectivity index (χ0n) is 10.9. The van der Waals surface area contributed by atoms with E-state index < -0.39 is 0 Å². The summed E-state index contributed by atoms with van der Waals surface area (Å²) in [5, 5.41) is 15.3. The lowest BCUT2D eigenvalue weighted by atomic mass is 10.2. The van der Waals surface area contributed by atoms with E-state index in [1.165, 1.54) is 13.3 Å². The number of rotatable bonds is 4. The zero-order chi connectivity index (χ0) is 14.5. The Morgan fingerprint density at radius 1 is 1.40 bits per heavy atom. The molecule has 2 N–H and O–H groups in total. The van der Waals surface area contributed by atoms with Crippen LogP contribution in [0.15, 0.2) is 24.4 Å². The second-order valence-corrected chi connectivity index (χ2v) is 4.17. The maximum absolute atomic E-state index is 9.16. The molecule has 0 atom stereocenters. The summed E-state index contributed by atoms with van der Waals surface area (Å²) in [4.78, 5) is 8.20. The number of aromatic nitrogens is 2. The third-order valence-corrected chi connectivity index (χ3v) is 2.85. The summed E-state index contributed by atoms with van der Waals surface area (Å²) < 4.78 is 5.24. The highest BCUT2D eigenvalue weighted by atomic mass is 35.5. The summed E-state index contributed by atoms with van der Waals surface area (Å²) in [5.74, 6) is 1.35. The number of ether oxygens (including phenoxy) is 1. The Kier molecular flexibility index (Phi) is 4.23. The average Bonchev–Trinajstić information content (AvgIpc) is 2.49. The van der Waals surface area contributed by atoms with Gasteiger partial charge in [0.2, 0.25) is 5.95 Å². The number of nitrogens with zero attached hydrogens (tertiary/aromatic N) is 3. The Balaban J connectivity index is 2.47. The van der Waals surface area contributed by atoms with Crippen molar-refractivity contribution in [3.8, 4) is 11.8 Å². The van der Waals surface area contributed by atoms with Gasteiger partial charge in [0.1, 0.15) is 22.5 Å². The third-order valence-electron chi connectivity index (χ3n) is 2.58. The highest BCUT2D eigenvalue weighted by Crippen LogP contribution is 2.32. The molecule has 0 bridgehead atoms. The van der Waals surface area contributed by atoms with Crippen LogP contribution in [0.3, 0.4) is 0 Å². The highest BCUT2D eigenvalue weighted by Gasteiger charge is 2.12. The molecule has 0 unspecified atom stereocenters.